The van der Waals surface area contributed by atoms with Gasteiger partial charge in [0.15, 0.2) is 12.4 Å². The quantitative estimate of drug-likeness (QED) is 0.579. The first-order chi connectivity index (χ1) is 10.1. The molecule has 118 valence electrons. The molecule has 1 aromatic carbocycles. The third-order valence-electron chi connectivity index (χ3n) is 3.30. The number of amides is 1. The topological polar surface area (TPSA) is 33.0 Å². The Morgan fingerprint density at radius 2 is 1.91 bits per heavy atom. The summed E-state index contributed by atoms with van der Waals surface area (Å²) in [5.41, 5.74) is 1.77. The lowest BCUT2D eigenvalue weighted by atomic mass is 10.2. The molecule has 0 saturated carbocycles. The average molecular weight is 384 g/mol. The average Bonchev–Trinajstić information content (AvgIpc) is 2.49. The summed E-state index contributed by atoms with van der Waals surface area (Å²) in [5.74, 6) is 0.0352. The summed E-state index contributed by atoms with van der Waals surface area (Å²) in [7, 11) is 0. The number of anilines is 1. The van der Waals surface area contributed by atoms with E-state index in [1.54, 1.807) is 6.07 Å². The van der Waals surface area contributed by atoms with Gasteiger partial charge < -0.3 is 22.3 Å². The Bertz CT molecular complexity index is 605. The molecule has 5 heteroatoms. The molecule has 0 radical (unpaired) electrons. The van der Waals surface area contributed by atoms with Crippen LogP contribution in [-0.2, 0) is 11.3 Å². The molecule has 2 rings (SSSR count). The Morgan fingerprint density at radius 1 is 1.18 bits per heavy atom. The van der Waals surface area contributed by atoms with Crippen molar-refractivity contribution in [2.45, 2.75) is 32.7 Å². The Morgan fingerprint density at radius 3 is 2.59 bits per heavy atom. The zero-order valence-electron chi connectivity index (χ0n) is 12.6. The molecule has 0 aliphatic heterocycles. The second-order valence-electron chi connectivity index (χ2n) is 5.08. The van der Waals surface area contributed by atoms with Gasteiger partial charge in [0.25, 0.3) is 0 Å². The number of carbonyl (C=O) groups excluding carboxylic acids is 1. The van der Waals surface area contributed by atoms with E-state index in [1.165, 1.54) is 0 Å². The predicted molar refractivity (Wildman–Crippen MR) is 85.3 cm³/mol. The fraction of sp³-hybridized carbons (Fsp3) is 0.294. The van der Waals surface area contributed by atoms with Crippen molar-refractivity contribution in [3.63, 3.8) is 0 Å². The predicted octanol–water partition coefficient (Wildman–Crippen LogP) is 0.749. The van der Waals surface area contributed by atoms with E-state index in [-0.39, 0.29) is 22.9 Å². The first-order valence-corrected chi connectivity index (χ1v) is 7.53. The smallest absolute Gasteiger partial charge is 0.224 e. The van der Waals surface area contributed by atoms with Crippen LogP contribution in [0, 0.1) is 6.92 Å². The van der Waals surface area contributed by atoms with Crippen LogP contribution in [0.5, 0.6) is 0 Å². The van der Waals surface area contributed by atoms with Gasteiger partial charge in [-0.2, -0.15) is 0 Å². The van der Waals surface area contributed by atoms with Crippen molar-refractivity contribution in [3.05, 3.63) is 59.4 Å². The Hall–Kier alpha value is -1.39. The molecule has 0 fully saturated rings. The molecule has 0 saturated heterocycles. The number of aromatic nitrogens is 1. The number of nitrogens with one attached hydrogen (secondary N) is 1. The van der Waals surface area contributed by atoms with Gasteiger partial charge in [-0.25, -0.2) is 4.57 Å². The lowest BCUT2D eigenvalue weighted by Gasteiger charge is -2.06. The van der Waals surface area contributed by atoms with Gasteiger partial charge >= 0.3 is 0 Å². The van der Waals surface area contributed by atoms with Gasteiger partial charge in [0.2, 0.25) is 5.91 Å². The number of rotatable bonds is 6. The van der Waals surface area contributed by atoms with E-state index in [1.807, 2.05) is 49.6 Å². The van der Waals surface area contributed by atoms with Crippen molar-refractivity contribution >= 4 is 23.2 Å². The standard InChI is InChI=1S/C17H19ClN2O.BrH/c1-14-8-9-15(13-16(14)18)19-17(21)7-3-6-12-20-10-4-2-5-11-20;/h2,4-5,8-11,13H,3,6-7,12H2,1H3;1H. The van der Waals surface area contributed by atoms with Gasteiger partial charge in [0.05, 0.1) is 0 Å². The van der Waals surface area contributed by atoms with Crippen LogP contribution in [0.3, 0.4) is 0 Å². The largest absolute Gasteiger partial charge is 1.00 e. The van der Waals surface area contributed by atoms with Gasteiger partial charge in [-0.1, -0.05) is 23.7 Å². The number of unbranched alkanes of at least 4 members (excludes halogenated alkanes) is 1. The molecule has 1 amide bonds. The summed E-state index contributed by atoms with van der Waals surface area (Å²) >= 11 is 6.04. The number of halogens is 2. The maximum Gasteiger partial charge on any atom is 0.224 e. The monoisotopic (exact) mass is 382 g/mol. The maximum atomic E-state index is 11.9. The highest BCUT2D eigenvalue weighted by Gasteiger charge is 2.05. The highest BCUT2D eigenvalue weighted by Crippen LogP contribution is 2.20. The molecule has 0 aliphatic carbocycles. The first-order valence-electron chi connectivity index (χ1n) is 7.15. The number of carbonyl (C=O) groups is 1. The van der Waals surface area contributed by atoms with E-state index in [0.29, 0.717) is 11.4 Å². The normalized spacial score (nSPS) is 9.91. The van der Waals surface area contributed by atoms with Crippen molar-refractivity contribution in [2.24, 2.45) is 0 Å². The van der Waals surface area contributed by atoms with Gasteiger partial charge in [-0.05, 0) is 31.0 Å². The maximum absolute atomic E-state index is 11.9. The van der Waals surface area contributed by atoms with Crippen molar-refractivity contribution in [3.8, 4) is 0 Å². The molecule has 1 heterocycles. The van der Waals surface area contributed by atoms with E-state index < -0.39 is 0 Å². The van der Waals surface area contributed by atoms with Crippen molar-refractivity contribution < 1.29 is 26.3 Å². The summed E-state index contributed by atoms with van der Waals surface area (Å²) in [4.78, 5) is 11.9. The van der Waals surface area contributed by atoms with Crippen LogP contribution in [0.1, 0.15) is 24.8 Å². The summed E-state index contributed by atoms with van der Waals surface area (Å²) < 4.78 is 2.12. The Kier molecular flexibility index (Phi) is 8.13. The number of pyridine rings is 1. The molecule has 2 aromatic rings. The van der Waals surface area contributed by atoms with E-state index in [0.717, 1.165) is 30.6 Å². The fourth-order valence-electron chi connectivity index (χ4n) is 2.06. The Labute approximate surface area is 147 Å². The molecule has 0 unspecified atom stereocenters. The van der Waals surface area contributed by atoms with Crippen LogP contribution >= 0.6 is 11.6 Å². The van der Waals surface area contributed by atoms with Crippen LogP contribution in [0.15, 0.2) is 48.8 Å². The Balaban J connectivity index is 0.00000242. The van der Waals surface area contributed by atoms with Gasteiger partial charge in [0.1, 0.15) is 6.54 Å². The molecule has 1 aromatic heterocycles. The van der Waals surface area contributed by atoms with Crippen LogP contribution in [0.4, 0.5) is 5.69 Å². The fourth-order valence-corrected chi connectivity index (χ4v) is 2.24. The van der Waals surface area contributed by atoms with Crippen LogP contribution < -0.4 is 26.9 Å². The number of benzene rings is 1. The molecule has 22 heavy (non-hydrogen) atoms. The van der Waals surface area contributed by atoms with E-state index in [4.69, 9.17) is 11.6 Å². The summed E-state index contributed by atoms with van der Waals surface area (Å²) in [6, 6.07) is 11.6. The molecule has 0 atom stereocenters. The molecule has 0 bridgehead atoms. The minimum Gasteiger partial charge on any atom is -1.00 e. The zero-order valence-corrected chi connectivity index (χ0v) is 14.9. The first kappa shape index (κ1) is 18.7. The third-order valence-corrected chi connectivity index (χ3v) is 3.71. The summed E-state index contributed by atoms with van der Waals surface area (Å²) in [6.45, 7) is 2.87. The van der Waals surface area contributed by atoms with E-state index >= 15 is 0 Å². The number of aryl methyl sites for hydroxylation is 2. The van der Waals surface area contributed by atoms with Gasteiger partial charge in [-0.15, -0.1) is 0 Å². The van der Waals surface area contributed by atoms with E-state index in [9.17, 15) is 4.79 Å². The van der Waals surface area contributed by atoms with Gasteiger partial charge in [0, 0.05) is 35.7 Å². The number of nitrogens with zero attached hydrogens (tertiary/aromatic N) is 1. The van der Waals surface area contributed by atoms with Crippen molar-refractivity contribution in [1.29, 1.82) is 0 Å². The lowest BCUT2D eigenvalue weighted by molar-refractivity contribution is -0.697. The minimum atomic E-state index is 0. The van der Waals surface area contributed by atoms with Gasteiger partial charge in [-0.3, -0.25) is 4.79 Å². The summed E-state index contributed by atoms with van der Waals surface area (Å²) in [6.07, 6.45) is 6.45. The second kappa shape index (κ2) is 9.59. The van der Waals surface area contributed by atoms with Crippen molar-refractivity contribution in [2.75, 3.05) is 5.32 Å². The van der Waals surface area contributed by atoms with Crippen molar-refractivity contribution in [1.82, 2.24) is 0 Å². The highest BCUT2D eigenvalue weighted by molar-refractivity contribution is 6.31. The SMILES string of the molecule is Cc1ccc(NC(=O)CCCC[n+]2ccccc2)cc1Cl.[Br-]. The molecular weight excluding hydrogens is 364 g/mol. The summed E-state index contributed by atoms with van der Waals surface area (Å²) in [5, 5.41) is 3.55. The zero-order chi connectivity index (χ0) is 15.1. The minimum absolute atomic E-state index is 0. The van der Waals surface area contributed by atoms with Crippen LogP contribution in [-0.4, -0.2) is 5.91 Å². The molecule has 1 N–H and O–H groups in total. The second-order valence-corrected chi connectivity index (χ2v) is 5.49. The lowest BCUT2D eigenvalue weighted by Crippen LogP contribution is -3.00. The molecule has 3 nitrogen and oxygen atoms in total. The molecule has 0 aliphatic rings. The van der Waals surface area contributed by atoms with Crippen LogP contribution in [0.25, 0.3) is 0 Å². The number of hydrogen-bond donors (Lipinski definition) is 1. The number of hydrogen-bond acceptors (Lipinski definition) is 1. The third kappa shape index (κ3) is 6.16. The van der Waals surface area contributed by atoms with Crippen LogP contribution in [0.2, 0.25) is 5.02 Å². The van der Waals surface area contributed by atoms with E-state index in [2.05, 4.69) is 9.88 Å². The molecular formula is C17H20BrClN2O. The molecule has 0 spiro atoms. The highest BCUT2D eigenvalue weighted by atomic mass is 79.9.